The van der Waals surface area contributed by atoms with Gasteiger partial charge < -0.3 is 14.8 Å². The van der Waals surface area contributed by atoms with Crippen molar-refractivity contribution in [2.24, 2.45) is 0 Å². The second-order valence-corrected chi connectivity index (χ2v) is 4.03. The van der Waals surface area contributed by atoms with E-state index >= 15 is 0 Å². The minimum absolute atomic E-state index is 0.293. The van der Waals surface area contributed by atoms with Crippen LogP contribution in [0.15, 0.2) is 24.3 Å². The summed E-state index contributed by atoms with van der Waals surface area (Å²) in [5, 5.41) is 2.56. The van der Waals surface area contributed by atoms with E-state index in [1.165, 1.54) is 19.2 Å². The minimum atomic E-state index is -0.448. The van der Waals surface area contributed by atoms with Crippen molar-refractivity contribution in [1.82, 2.24) is 0 Å². The van der Waals surface area contributed by atoms with Crippen LogP contribution in [-0.4, -0.2) is 31.6 Å². The van der Waals surface area contributed by atoms with Crippen LogP contribution in [0.1, 0.15) is 30.1 Å². The average Bonchev–Trinajstić information content (AvgIpc) is 2.45. The number of carbonyl (C=O) groups is 3. The topological polar surface area (TPSA) is 81.7 Å². The zero-order chi connectivity index (χ0) is 15.0. The molecule has 6 heteroatoms. The first-order valence-corrected chi connectivity index (χ1v) is 6.20. The summed E-state index contributed by atoms with van der Waals surface area (Å²) in [4.78, 5) is 33.8. The summed E-state index contributed by atoms with van der Waals surface area (Å²) in [6.07, 6.45) is 0.969. The summed E-state index contributed by atoms with van der Waals surface area (Å²) in [6, 6.07) is 6.20. The maximum absolute atomic E-state index is 11.5. The Kier molecular flexibility index (Phi) is 6.22. The minimum Gasteiger partial charge on any atom is -0.465 e. The number of esters is 2. The lowest BCUT2D eigenvalue weighted by atomic mass is 10.2. The second-order valence-electron chi connectivity index (χ2n) is 4.03. The number of amides is 1. The molecule has 0 heterocycles. The van der Waals surface area contributed by atoms with Crippen molar-refractivity contribution in [3.8, 4) is 0 Å². The molecule has 0 spiro atoms. The molecule has 0 radical (unpaired) electrons. The van der Waals surface area contributed by atoms with Crippen molar-refractivity contribution >= 4 is 23.5 Å². The van der Waals surface area contributed by atoms with Crippen molar-refractivity contribution in [2.45, 2.75) is 19.8 Å². The van der Waals surface area contributed by atoms with E-state index in [9.17, 15) is 14.4 Å². The van der Waals surface area contributed by atoms with Crippen LogP contribution in [-0.2, 0) is 19.1 Å². The Morgan fingerprint density at radius 2 is 1.80 bits per heavy atom. The van der Waals surface area contributed by atoms with Gasteiger partial charge in [0.05, 0.1) is 12.7 Å². The monoisotopic (exact) mass is 279 g/mol. The van der Waals surface area contributed by atoms with E-state index in [1.807, 2.05) is 6.92 Å². The lowest BCUT2D eigenvalue weighted by Gasteiger charge is -2.06. The molecule has 20 heavy (non-hydrogen) atoms. The average molecular weight is 279 g/mol. The fourth-order valence-electron chi connectivity index (χ4n) is 1.43. The van der Waals surface area contributed by atoms with Crippen molar-refractivity contribution < 1.29 is 23.9 Å². The fourth-order valence-corrected chi connectivity index (χ4v) is 1.43. The molecular formula is C14H17NO5. The molecule has 1 N–H and O–H groups in total. The number of hydrogen-bond donors (Lipinski definition) is 1. The number of carbonyl (C=O) groups excluding carboxylic acids is 3. The molecule has 0 aliphatic heterocycles. The van der Waals surface area contributed by atoms with Gasteiger partial charge in [-0.2, -0.15) is 0 Å². The molecule has 1 amide bonds. The van der Waals surface area contributed by atoms with E-state index in [0.29, 0.717) is 24.1 Å². The van der Waals surface area contributed by atoms with Crippen LogP contribution >= 0.6 is 0 Å². The second kappa shape index (κ2) is 7.93. The molecule has 1 aromatic rings. The Hall–Kier alpha value is -2.37. The fraction of sp³-hybridized carbons (Fsp3) is 0.357. The zero-order valence-corrected chi connectivity index (χ0v) is 11.5. The molecule has 0 aliphatic carbocycles. The SMILES string of the molecule is CCCC(=O)OCC(=O)Nc1ccc(C(=O)OC)cc1. The molecule has 0 saturated carbocycles. The largest absolute Gasteiger partial charge is 0.465 e. The van der Waals surface area contributed by atoms with E-state index in [-0.39, 0.29) is 6.61 Å². The summed E-state index contributed by atoms with van der Waals surface area (Å²) < 4.78 is 9.33. The van der Waals surface area contributed by atoms with Crippen molar-refractivity contribution in [3.63, 3.8) is 0 Å². The lowest BCUT2D eigenvalue weighted by molar-refractivity contribution is -0.147. The third kappa shape index (κ3) is 5.09. The summed E-state index contributed by atoms with van der Waals surface area (Å²) in [7, 11) is 1.29. The predicted molar refractivity (Wildman–Crippen MR) is 72.3 cm³/mol. The van der Waals surface area contributed by atoms with Gasteiger partial charge in [-0.15, -0.1) is 0 Å². The van der Waals surface area contributed by atoms with Crippen LogP contribution in [0.3, 0.4) is 0 Å². The van der Waals surface area contributed by atoms with Gasteiger partial charge in [0.15, 0.2) is 6.61 Å². The van der Waals surface area contributed by atoms with Gasteiger partial charge in [-0.05, 0) is 30.7 Å². The molecule has 0 aromatic heterocycles. The molecule has 1 aromatic carbocycles. The zero-order valence-electron chi connectivity index (χ0n) is 11.5. The van der Waals surface area contributed by atoms with Crippen molar-refractivity contribution in [3.05, 3.63) is 29.8 Å². The number of anilines is 1. The Morgan fingerprint density at radius 1 is 1.15 bits per heavy atom. The van der Waals surface area contributed by atoms with E-state index in [1.54, 1.807) is 12.1 Å². The van der Waals surface area contributed by atoms with Gasteiger partial charge in [-0.3, -0.25) is 9.59 Å². The molecule has 0 saturated heterocycles. The molecule has 0 aliphatic rings. The highest BCUT2D eigenvalue weighted by Crippen LogP contribution is 2.10. The molecular weight excluding hydrogens is 262 g/mol. The van der Waals surface area contributed by atoms with Gasteiger partial charge in [0.25, 0.3) is 5.91 Å². The molecule has 108 valence electrons. The summed E-state index contributed by atoms with van der Waals surface area (Å²) in [5.41, 5.74) is 0.897. The molecule has 1 rings (SSSR count). The number of ether oxygens (including phenoxy) is 2. The Labute approximate surface area is 117 Å². The summed E-state index contributed by atoms with van der Waals surface area (Å²) in [5.74, 6) is -1.28. The highest BCUT2D eigenvalue weighted by atomic mass is 16.5. The number of rotatable bonds is 6. The van der Waals surface area contributed by atoms with Gasteiger partial charge in [0.2, 0.25) is 0 Å². The van der Waals surface area contributed by atoms with E-state index in [0.717, 1.165) is 0 Å². The van der Waals surface area contributed by atoms with Gasteiger partial charge in [-0.25, -0.2) is 4.79 Å². The van der Waals surface area contributed by atoms with Crippen molar-refractivity contribution in [1.29, 1.82) is 0 Å². The highest BCUT2D eigenvalue weighted by molar-refractivity contribution is 5.94. The first-order chi connectivity index (χ1) is 9.56. The standard InChI is InChI=1S/C14H17NO5/c1-3-4-13(17)20-9-12(16)15-11-7-5-10(6-8-11)14(18)19-2/h5-8H,3-4,9H2,1-2H3,(H,15,16). The van der Waals surface area contributed by atoms with Crippen LogP contribution in [0.4, 0.5) is 5.69 Å². The van der Waals surface area contributed by atoms with Crippen LogP contribution in [0.25, 0.3) is 0 Å². The van der Waals surface area contributed by atoms with E-state index < -0.39 is 17.8 Å². The normalized spacial score (nSPS) is 9.70. The van der Waals surface area contributed by atoms with Crippen LogP contribution < -0.4 is 5.32 Å². The van der Waals surface area contributed by atoms with Crippen LogP contribution in [0.2, 0.25) is 0 Å². The van der Waals surface area contributed by atoms with Gasteiger partial charge >= 0.3 is 11.9 Å². The number of nitrogens with one attached hydrogen (secondary N) is 1. The summed E-state index contributed by atoms with van der Waals surface area (Å²) in [6.45, 7) is 1.53. The smallest absolute Gasteiger partial charge is 0.337 e. The predicted octanol–water partition coefficient (Wildman–Crippen LogP) is 1.75. The number of methoxy groups -OCH3 is 1. The maximum atomic E-state index is 11.5. The molecule has 0 atom stereocenters. The van der Waals surface area contributed by atoms with E-state index in [2.05, 4.69) is 10.1 Å². The Balaban J connectivity index is 2.46. The third-order valence-corrected chi connectivity index (χ3v) is 2.41. The van der Waals surface area contributed by atoms with Gasteiger partial charge in [0.1, 0.15) is 0 Å². The molecule has 0 fully saturated rings. The maximum Gasteiger partial charge on any atom is 0.337 e. The molecule has 6 nitrogen and oxygen atoms in total. The van der Waals surface area contributed by atoms with Crippen LogP contribution in [0.5, 0.6) is 0 Å². The molecule has 0 bridgehead atoms. The van der Waals surface area contributed by atoms with E-state index in [4.69, 9.17) is 4.74 Å². The van der Waals surface area contributed by atoms with Crippen molar-refractivity contribution in [2.75, 3.05) is 19.0 Å². The number of hydrogen-bond acceptors (Lipinski definition) is 5. The highest BCUT2D eigenvalue weighted by Gasteiger charge is 2.08. The lowest BCUT2D eigenvalue weighted by Crippen LogP contribution is -2.20. The Morgan fingerprint density at radius 3 is 2.35 bits per heavy atom. The first-order valence-electron chi connectivity index (χ1n) is 6.20. The Bertz CT molecular complexity index is 481. The first kappa shape index (κ1) is 15.7. The third-order valence-electron chi connectivity index (χ3n) is 2.41. The molecule has 0 unspecified atom stereocenters. The quantitative estimate of drug-likeness (QED) is 0.802. The van der Waals surface area contributed by atoms with Crippen LogP contribution in [0, 0.1) is 0 Å². The van der Waals surface area contributed by atoms with Gasteiger partial charge in [-0.1, -0.05) is 6.92 Å². The van der Waals surface area contributed by atoms with Gasteiger partial charge in [0, 0.05) is 12.1 Å². The summed E-state index contributed by atoms with van der Waals surface area (Å²) >= 11 is 0. The number of benzene rings is 1.